The van der Waals surface area contributed by atoms with Crippen LogP contribution in [0.15, 0.2) is 42.5 Å². The summed E-state index contributed by atoms with van der Waals surface area (Å²) in [5.41, 5.74) is -3.16. The van der Waals surface area contributed by atoms with E-state index in [2.05, 4.69) is 5.32 Å². The van der Waals surface area contributed by atoms with E-state index in [0.717, 1.165) is 11.0 Å². The summed E-state index contributed by atoms with van der Waals surface area (Å²) < 4.78 is 39.8. The third kappa shape index (κ3) is 3.67. The standard InChI is InChI=1S/C19H13ClF3N3O2S/c1-18(15(27)10-2-5-12(20)6-3-10)16(28)26(17(29)25-18)13-7-4-11(9-24)14(8-13)19(21,22)23/h2-8,15,27H,1H3,(H,25,29)/t15-,18+/m0/s1. The molecule has 2 N–H and O–H groups in total. The highest BCUT2D eigenvalue weighted by atomic mass is 35.5. The number of nitrogens with zero attached hydrogens (tertiary/aromatic N) is 2. The molecule has 1 fully saturated rings. The predicted octanol–water partition coefficient (Wildman–Crippen LogP) is 3.94. The highest BCUT2D eigenvalue weighted by Crippen LogP contribution is 2.38. The van der Waals surface area contributed by atoms with E-state index < -0.39 is 34.9 Å². The Morgan fingerprint density at radius 3 is 2.45 bits per heavy atom. The summed E-state index contributed by atoms with van der Waals surface area (Å²) in [4.78, 5) is 14.0. The van der Waals surface area contributed by atoms with Gasteiger partial charge in [-0.05, 0) is 55.0 Å². The zero-order valence-corrected chi connectivity index (χ0v) is 16.4. The van der Waals surface area contributed by atoms with Crippen LogP contribution in [0.5, 0.6) is 0 Å². The van der Waals surface area contributed by atoms with Gasteiger partial charge in [-0.2, -0.15) is 18.4 Å². The van der Waals surface area contributed by atoms with Gasteiger partial charge in [-0.1, -0.05) is 23.7 Å². The number of anilines is 1. The van der Waals surface area contributed by atoms with Crippen molar-refractivity contribution in [3.8, 4) is 6.07 Å². The number of carbonyl (C=O) groups excluding carboxylic acids is 1. The third-order valence-corrected chi connectivity index (χ3v) is 5.17. The Bertz CT molecular complexity index is 1040. The van der Waals surface area contributed by atoms with E-state index in [9.17, 15) is 23.1 Å². The number of aliphatic hydroxyl groups excluding tert-OH is 1. The summed E-state index contributed by atoms with van der Waals surface area (Å²) in [6.45, 7) is 1.40. The van der Waals surface area contributed by atoms with Crippen LogP contribution in [0.4, 0.5) is 18.9 Å². The van der Waals surface area contributed by atoms with Crippen LogP contribution in [0, 0.1) is 11.3 Å². The fourth-order valence-corrected chi connectivity index (χ4v) is 3.58. The van der Waals surface area contributed by atoms with Crippen molar-refractivity contribution < 1.29 is 23.1 Å². The van der Waals surface area contributed by atoms with Gasteiger partial charge in [0.15, 0.2) is 5.11 Å². The maximum absolute atomic E-state index is 13.3. The van der Waals surface area contributed by atoms with Gasteiger partial charge in [-0.15, -0.1) is 0 Å². The maximum Gasteiger partial charge on any atom is 0.417 e. The second-order valence-electron chi connectivity index (χ2n) is 6.57. The van der Waals surface area contributed by atoms with Crippen molar-refractivity contribution in [2.45, 2.75) is 24.7 Å². The molecule has 2 aromatic rings. The lowest BCUT2D eigenvalue weighted by atomic mass is 9.89. The minimum Gasteiger partial charge on any atom is -0.385 e. The van der Waals surface area contributed by atoms with E-state index >= 15 is 0 Å². The fourth-order valence-electron chi connectivity index (χ4n) is 3.06. The number of alkyl halides is 3. The fraction of sp³-hybridized carbons (Fsp3) is 0.211. The van der Waals surface area contributed by atoms with Crippen LogP contribution in [0.3, 0.4) is 0 Å². The molecule has 0 unspecified atom stereocenters. The van der Waals surface area contributed by atoms with Gasteiger partial charge in [-0.25, -0.2) is 0 Å². The van der Waals surface area contributed by atoms with Crippen molar-refractivity contribution in [2.75, 3.05) is 4.90 Å². The number of hydrogen-bond donors (Lipinski definition) is 2. The van der Waals surface area contributed by atoms with Crippen LogP contribution in [-0.4, -0.2) is 21.7 Å². The summed E-state index contributed by atoms with van der Waals surface area (Å²) in [7, 11) is 0. The number of aliphatic hydroxyl groups is 1. The number of thiocarbonyl (C=S) groups is 1. The Labute approximate surface area is 174 Å². The van der Waals surface area contributed by atoms with Crippen LogP contribution in [0.1, 0.15) is 29.7 Å². The summed E-state index contributed by atoms with van der Waals surface area (Å²) in [5.74, 6) is -0.734. The van der Waals surface area contributed by atoms with Gasteiger partial charge in [0.1, 0.15) is 11.6 Å². The molecule has 29 heavy (non-hydrogen) atoms. The summed E-state index contributed by atoms with van der Waals surface area (Å²) in [6, 6.07) is 10.5. The van der Waals surface area contributed by atoms with Crippen molar-refractivity contribution >= 4 is 40.5 Å². The van der Waals surface area contributed by atoms with Gasteiger partial charge in [0.2, 0.25) is 0 Å². The SMILES string of the molecule is C[C@]1([C@@H](O)c2ccc(Cl)cc2)NC(=S)N(c2ccc(C#N)c(C(F)(F)F)c2)C1=O. The molecule has 2 atom stereocenters. The molecular formula is C19H13ClF3N3O2S. The normalized spacial score (nSPS) is 20.4. The first-order valence-electron chi connectivity index (χ1n) is 8.20. The average Bonchev–Trinajstić information content (AvgIpc) is 2.90. The largest absolute Gasteiger partial charge is 0.417 e. The van der Waals surface area contributed by atoms with Crippen LogP contribution < -0.4 is 10.2 Å². The van der Waals surface area contributed by atoms with Crippen molar-refractivity contribution in [1.29, 1.82) is 5.26 Å². The van der Waals surface area contributed by atoms with Gasteiger partial charge >= 0.3 is 6.18 Å². The zero-order valence-electron chi connectivity index (χ0n) is 14.8. The highest BCUT2D eigenvalue weighted by Gasteiger charge is 2.52. The number of amides is 1. The lowest BCUT2D eigenvalue weighted by molar-refractivity contribution is -0.137. The first kappa shape index (κ1) is 21.0. The second-order valence-corrected chi connectivity index (χ2v) is 7.39. The minimum atomic E-state index is -4.79. The Morgan fingerprint density at radius 1 is 1.28 bits per heavy atom. The first-order chi connectivity index (χ1) is 13.5. The third-order valence-electron chi connectivity index (χ3n) is 4.64. The molecule has 5 nitrogen and oxygen atoms in total. The van der Waals surface area contributed by atoms with Crippen LogP contribution in [0.25, 0.3) is 0 Å². The predicted molar refractivity (Wildman–Crippen MR) is 104 cm³/mol. The molecule has 1 amide bonds. The topological polar surface area (TPSA) is 76.4 Å². The van der Waals surface area contributed by atoms with Gasteiger partial charge in [0, 0.05) is 5.02 Å². The van der Waals surface area contributed by atoms with Crippen LogP contribution in [0.2, 0.25) is 5.02 Å². The quantitative estimate of drug-likeness (QED) is 0.708. The summed E-state index contributed by atoms with van der Waals surface area (Å²) >= 11 is 11.0. The Hall–Kier alpha value is -2.67. The minimum absolute atomic E-state index is 0.161. The lowest BCUT2D eigenvalue weighted by Crippen LogP contribution is -2.49. The molecule has 1 aliphatic rings. The van der Waals surface area contributed by atoms with Gasteiger partial charge in [0.05, 0.1) is 22.9 Å². The molecule has 1 saturated heterocycles. The van der Waals surface area contributed by atoms with Crippen LogP contribution >= 0.6 is 23.8 Å². The van der Waals surface area contributed by atoms with E-state index in [1.165, 1.54) is 43.3 Å². The van der Waals surface area contributed by atoms with E-state index in [1.54, 1.807) is 0 Å². The summed E-state index contributed by atoms with van der Waals surface area (Å²) in [5, 5.41) is 22.7. The van der Waals surface area contributed by atoms with Crippen molar-refractivity contribution in [1.82, 2.24) is 5.32 Å². The average molecular weight is 440 g/mol. The monoisotopic (exact) mass is 439 g/mol. The van der Waals surface area contributed by atoms with E-state index in [0.29, 0.717) is 16.7 Å². The molecule has 150 valence electrons. The molecule has 2 aromatic carbocycles. The van der Waals surface area contributed by atoms with Crippen molar-refractivity contribution in [3.05, 3.63) is 64.2 Å². The molecule has 0 spiro atoms. The van der Waals surface area contributed by atoms with E-state index in [1.807, 2.05) is 0 Å². The molecule has 0 aromatic heterocycles. The maximum atomic E-state index is 13.3. The number of nitrogens with one attached hydrogen (secondary N) is 1. The van der Waals surface area contributed by atoms with Crippen molar-refractivity contribution in [3.63, 3.8) is 0 Å². The molecule has 0 saturated carbocycles. The number of benzene rings is 2. The molecule has 1 heterocycles. The number of rotatable bonds is 3. The molecule has 0 radical (unpaired) electrons. The Kier molecular flexibility index (Phi) is 5.30. The molecule has 10 heteroatoms. The number of hydrogen-bond acceptors (Lipinski definition) is 4. The smallest absolute Gasteiger partial charge is 0.385 e. The molecular weight excluding hydrogens is 427 g/mol. The zero-order chi connectivity index (χ0) is 21.6. The molecule has 1 aliphatic heterocycles. The Balaban J connectivity index is 2.01. The van der Waals surface area contributed by atoms with Gasteiger partial charge < -0.3 is 10.4 Å². The number of halogens is 4. The van der Waals surface area contributed by atoms with Gasteiger partial charge in [0.25, 0.3) is 5.91 Å². The second kappa shape index (κ2) is 7.30. The van der Waals surface area contributed by atoms with Crippen LogP contribution in [-0.2, 0) is 11.0 Å². The van der Waals surface area contributed by atoms with E-state index in [-0.39, 0.29) is 10.8 Å². The first-order valence-corrected chi connectivity index (χ1v) is 8.99. The van der Waals surface area contributed by atoms with Gasteiger partial charge in [-0.3, -0.25) is 9.69 Å². The summed E-state index contributed by atoms with van der Waals surface area (Å²) in [6.07, 6.45) is -6.14. The molecule has 3 rings (SSSR count). The highest BCUT2D eigenvalue weighted by molar-refractivity contribution is 7.80. The Morgan fingerprint density at radius 2 is 1.90 bits per heavy atom. The molecule has 0 aliphatic carbocycles. The number of nitriles is 1. The van der Waals surface area contributed by atoms with E-state index in [4.69, 9.17) is 29.1 Å². The lowest BCUT2D eigenvalue weighted by Gasteiger charge is -2.28. The van der Waals surface area contributed by atoms with Crippen molar-refractivity contribution in [2.24, 2.45) is 0 Å². The molecule has 0 bridgehead atoms. The number of carbonyl (C=O) groups is 1.